The molecule has 3 heteroatoms. The van der Waals surface area contributed by atoms with Crippen molar-refractivity contribution >= 4 is 11.6 Å². The second-order valence-electron chi connectivity index (χ2n) is 4.85. The van der Waals surface area contributed by atoms with Gasteiger partial charge in [-0.1, -0.05) is 19.9 Å². The first-order chi connectivity index (χ1) is 8.55. The molecular formula is C15H23ClO2. The minimum atomic E-state index is 0.0539. The van der Waals surface area contributed by atoms with E-state index in [1.165, 1.54) is 5.56 Å². The highest BCUT2D eigenvalue weighted by molar-refractivity contribution is 6.17. The van der Waals surface area contributed by atoms with Crippen molar-refractivity contribution < 1.29 is 9.47 Å². The molecule has 2 nitrogen and oxygen atoms in total. The summed E-state index contributed by atoms with van der Waals surface area (Å²) in [6, 6.07) is 6.15. The Morgan fingerprint density at radius 1 is 1.06 bits per heavy atom. The van der Waals surface area contributed by atoms with E-state index in [1.807, 2.05) is 19.9 Å². The van der Waals surface area contributed by atoms with Gasteiger partial charge in [-0.2, -0.15) is 0 Å². The van der Waals surface area contributed by atoms with Crippen molar-refractivity contribution in [3.8, 4) is 11.5 Å². The number of hydrogen-bond donors (Lipinski definition) is 0. The maximum atomic E-state index is 5.86. The molecule has 0 fully saturated rings. The minimum absolute atomic E-state index is 0.0539. The molecular weight excluding hydrogens is 248 g/mol. The largest absolute Gasteiger partial charge is 0.490 e. The standard InChI is InChI=1S/C15H23ClO2/c1-5-17-13-8-7-12(11-14(13)18-6-2)15(3,4)9-10-16/h7-8,11H,5-6,9-10H2,1-4H3. The highest BCUT2D eigenvalue weighted by Gasteiger charge is 2.21. The van der Waals surface area contributed by atoms with Crippen LogP contribution in [-0.2, 0) is 5.41 Å². The van der Waals surface area contributed by atoms with Crippen molar-refractivity contribution in [1.82, 2.24) is 0 Å². The zero-order chi connectivity index (χ0) is 13.6. The van der Waals surface area contributed by atoms with Crippen LogP contribution in [0.3, 0.4) is 0 Å². The topological polar surface area (TPSA) is 18.5 Å². The summed E-state index contributed by atoms with van der Waals surface area (Å²) in [5.74, 6) is 2.29. The molecule has 0 bridgehead atoms. The van der Waals surface area contributed by atoms with E-state index in [-0.39, 0.29) is 5.41 Å². The van der Waals surface area contributed by atoms with Crippen LogP contribution in [0.25, 0.3) is 0 Å². The molecule has 102 valence electrons. The molecule has 0 spiro atoms. The average Bonchev–Trinajstić information content (AvgIpc) is 2.31. The van der Waals surface area contributed by atoms with Crippen LogP contribution in [0.5, 0.6) is 11.5 Å². The maximum Gasteiger partial charge on any atom is 0.161 e. The van der Waals surface area contributed by atoms with E-state index in [1.54, 1.807) is 0 Å². The van der Waals surface area contributed by atoms with Gasteiger partial charge >= 0.3 is 0 Å². The normalized spacial score (nSPS) is 11.4. The molecule has 0 heterocycles. The molecule has 1 aromatic carbocycles. The minimum Gasteiger partial charge on any atom is -0.490 e. The van der Waals surface area contributed by atoms with Crippen LogP contribution in [0.15, 0.2) is 18.2 Å². The average molecular weight is 271 g/mol. The van der Waals surface area contributed by atoms with E-state index in [4.69, 9.17) is 21.1 Å². The van der Waals surface area contributed by atoms with Gasteiger partial charge in [0, 0.05) is 5.88 Å². The molecule has 0 N–H and O–H groups in total. The van der Waals surface area contributed by atoms with Gasteiger partial charge in [0.1, 0.15) is 0 Å². The second kappa shape index (κ2) is 6.89. The Balaban J connectivity index is 3.05. The van der Waals surface area contributed by atoms with Gasteiger partial charge in [0.15, 0.2) is 11.5 Å². The lowest BCUT2D eigenvalue weighted by atomic mass is 9.82. The fraction of sp³-hybridized carbons (Fsp3) is 0.600. The summed E-state index contributed by atoms with van der Waals surface area (Å²) < 4.78 is 11.2. The number of alkyl halides is 1. The fourth-order valence-corrected chi connectivity index (χ4v) is 2.33. The zero-order valence-electron chi connectivity index (χ0n) is 11.8. The quantitative estimate of drug-likeness (QED) is 0.684. The molecule has 18 heavy (non-hydrogen) atoms. The van der Waals surface area contributed by atoms with Gasteiger partial charge in [0.25, 0.3) is 0 Å². The van der Waals surface area contributed by atoms with Crippen molar-refractivity contribution in [3.05, 3.63) is 23.8 Å². The first-order valence-corrected chi connectivity index (χ1v) is 7.04. The molecule has 0 amide bonds. The van der Waals surface area contributed by atoms with Gasteiger partial charge in [0.2, 0.25) is 0 Å². The molecule has 0 saturated heterocycles. The Morgan fingerprint density at radius 3 is 2.22 bits per heavy atom. The third-order valence-corrected chi connectivity index (χ3v) is 3.23. The Morgan fingerprint density at radius 2 is 1.67 bits per heavy atom. The number of rotatable bonds is 7. The Hall–Kier alpha value is -0.890. The molecule has 0 saturated carbocycles. The lowest BCUT2D eigenvalue weighted by molar-refractivity contribution is 0.286. The van der Waals surface area contributed by atoms with E-state index < -0.39 is 0 Å². The number of ether oxygens (including phenoxy) is 2. The summed E-state index contributed by atoms with van der Waals surface area (Å²) in [7, 11) is 0. The highest BCUT2D eigenvalue weighted by atomic mass is 35.5. The van der Waals surface area contributed by atoms with Gasteiger partial charge in [-0.05, 0) is 43.4 Å². The van der Waals surface area contributed by atoms with Crippen molar-refractivity contribution in [2.45, 2.75) is 39.5 Å². The van der Waals surface area contributed by atoms with Crippen LogP contribution in [0.2, 0.25) is 0 Å². The van der Waals surface area contributed by atoms with Crippen molar-refractivity contribution in [1.29, 1.82) is 0 Å². The van der Waals surface area contributed by atoms with Crippen LogP contribution >= 0.6 is 11.6 Å². The molecule has 0 atom stereocenters. The SMILES string of the molecule is CCOc1ccc(C(C)(C)CCCl)cc1OCC. The lowest BCUT2D eigenvalue weighted by Gasteiger charge is -2.25. The van der Waals surface area contributed by atoms with Gasteiger partial charge in [-0.3, -0.25) is 0 Å². The summed E-state index contributed by atoms with van der Waals surface area (Å²) in [5, 5.41) is 0. The Kier molecular flexibility index (Phi) is 5.80. The number of benzene rings is 1. The fourth-order valence-electron chi connectivity index (χ4n) is 1.85. The van der Waals surface area contributed by atoms with Crippen LogP contribution in [-0.4, -0.2) is 19.1 Å². The van der Waals surface area contributed by atoms with E-state index >= 15 is 0 Å². The van der Waals surface area contributed by atoms with Crippen molar-refractivity contribution in [3.63, 3.8) is 0 Å². The molecule has 0 radical (unpaired) electrons. The van der Waals surface area contributed by atoms with E-state index in [2.05, 4.69) is 26.0 Å². The van der Waals surface area contributed by atoms with E-state index in [0.29, 0.717) is 19.1 Å². The van der Waals surface area contributed by atoms with Gasteiger partial charge in [-0.15, -0.1) is 11.6 Å². The van der Waals surface area contributed by atoms with E-state index in [0.717, 1.165) is 17.9 Å². The monoisotopic (exact) mass is 270 g/mol. The van der Waals surface area contributed by atoms with Gasteiger partial charge in [0.05, 0.1) is 13.2 Å². The lowest BCUT2D eigenvalue weighted by Crippen LogP contribution is -2.18. The first kappa shape index (κ1) is 15.2. The van der Waals surface area contributed by atoms with E-state index in [9.17, 15) is 0 Å². The van der Waals surface area contributed by atoms with Crippen LogP contribution in [0.4, 0.5) is 0 Å². The molecule has 1 aromatic rings. The molecule has 0 aliphatic heterocycles. The Labute approximate surface area is 115 Å². The third kappa shape index (κ3) is 3.81. The van der Waals surface area contributed by atoms with Crippen LogP contribution in [0, 0.1) is 0 Å². The molecule has 0 aliphatic rings. The summed E-state index contributed by atoms with van der Waals surface area (Å²) in [5.41, 5.74) is 1.29. The summed E-state index contributed by atoms with van der Waals surface area (Å²) >= 11 is 5.86. The Bertz CT molecular complexity index is 375. The third-order valence-electron chi connectivity index (χ3n) is 3.04. The predicted octanol–water partition coefficient (Wildman–Crippen LogP) is 4.39. The zero-order valence-corrected chi connectivity index (χ0v) is 12.5. The van der Waals surface area contributed by atoms with Crippen LogP contribution in [0.1, 0.15) is 39.7 Å². The van der Waals surface area contributed by atoms with Crippen LogP contribution < -0.4 is 9.47 Å². The summed E-state index contributed by atoms with van der Waals surface area (Å²) in [6.45, 7) is 9.62. The van der Waals surface area contributed by atoms with Gasteiger partial charge in [-0.25, -0.2) is 0 Å². The highest BCUT2D eigenvalue weighted by Crippen LogP contribution is 2.35. The molecule has 0 unspecified atom stereocenters. The summed E-state index contributed by atoms with van der Waals surface area (Å²) in [4.78, 5) is 0. The molecule has 0 aliphatic carbocycles. The first-order valence-electron chi connectivity index (χ1n) is 6.51. The molecule has 0 aromatic heterocycles. The van der Waals surface area contributed by atoms with Crippen molar-refractivity contribution in [2.75, 3.05) is 19.1 Å². The predicted molar refractivity (Wildman–Crippen MR) is 77.1 cm³/mol. The summed E-state index contributed by atoms with van der Waals surface area (Å²) in [6.07, 6.45) is 0.939. The van der Waals surface area contributed by atoms with Gasteiger partial charge < -0.3 is 9.47 Å². The smallest absolute Gasteiger partial charge is 0.161 e. The second-order valence-corrected chi connectivity index (χ2v) is 5.23. The van der Waals surface area contributed by atoms with Crippen molar-refractivity contribution in [2.24, 2.45) is 0 Å². The number of hydrogen-bond acceptors (Lipinski definition) is 2. The maximum absolute atomic E-state index is 5.86. The number of halogens is 1. The molecule has 1 rings (SSSR count).